The molecule has 0 aromatic carbocycles. The maximum Gasteiger partial charge on any atom is 0.264 e. The van der Waals surface area contributed by atoms with E-state index < -0.39 is 0 Å². The highest BCUT2D eigenvalue weighted by molar-refractivity contribution is 7.12. The Kier molecular flexibility index (Phi) is 4.50. The first-order chi connectivity index (χ1) is 11.0. The van der Waals surface area contributed by atoms with E-state index in [0.717, 1.165) is 29.8 Å². The van der Waals surface area contributed by atoms with Crippen LogP contribution in [0.1, 0.15) is 46.7 Å². The van der Waals surface area contributed by atoms with Crippen LogP contribution in [0.2, 0.25) is 0 Å². The minimum Gasteiger partial charge on any atom is -0.375 e. The van der Waals surface area contributed by atoms with Crippen molar-refractivity contribution in [2.75, 3.05) is 20.2 Å². The Bertz CT molecular complexity index is 696. The van der Waals surface area contributed by atoms with E-state index >= 15 is 0 Å². The molecule has 3 rings (SSSR count). The van der Waals surface area contributed by atoms with E-state index in [9.17, 15) is 4.79 Å². The first-order valence-corrected chi connectivity index (χ1v) is 8.57. The molecule has 3 heterocycles. The molecule has 0 N–H and O–H groups in total. The van der Waals surface area contributed by atoms with Crippen molar-refractivity contribution in [3.63, 3.8) is 0 Å². The average molecular weight is 335 g/mol. The van der Waals surface area contributed by atoms with Gasteiger partial charge in [0, 0.05) is 25.6 Å². The molecule has 7 heteroatoms. The molecule has 0 spiro atoms. The fraction of sp³-hybridized carbons (Fsp3) is 0.562. The van der Waals surface area contributed by atoms with E-state index in [2.05, 4.69) is 17.1 Å². The van der Waals surface area contributed by atoms with E-state index in [-0.39, 0.29) is 11.3 Å². The molecular formula is C16H21N3O3S. The molecule has 0 saturated carbocycles. The minimum absolute atomic E-state index is 0.101. The van der Waals surface area contributed by atoms with Gasteiger partial charge >= 0.3 is 0 Å². The van der Waals surface area contributed by atoms with Crippen molar-refractivity contribution in [2.24, 2.45) is 0 Å². The monoisotopic (exact) mass is 335 g/mol. The Hall–Kier alpha value is -1.73. The topological polar surface area (TPSA) is 68.5 Å². The molecule has 124 valence electrons. The van der Waals surface area contributed by atoms with Gasteiger partial charge < -0.3 is 14.2 Å². The largest absolute Gasteiger partial charge is 0.375 e. The Morgan fingerprint density at radius 1 is 1.57 bits per heavy atom. The second kappa shape index (κ2) is 6.41. The van der Waals surface area contributed by atoms with Gasteiger partial charge in [-0.15, -0.1) is 11.3 Å². The molecule has 0 radical (unpaired) electrons. The summed E-state index contributed by atoms with van der Waals surface area (Å²) in [6, 6.07) is 1.98. The summed E-state index contributed by atoms with van der Waals surface area (Å²) in [5, 5.41) is 6.06. The van der Waals surface area contributed by atoms with Gasteiger partial charge in [0.1, 0.15) is 6.61 Å². The number of nitrogens with zero attached hydrogens (tertiary/aromatic N) is 3. The van der Waals surface area contributed by atoms with Crippen LogP contribution in [0.15, 0.2) is 16.0 Å². The van der Waals surface area contributed by atoms with Crippen LogP contribution in [0.3, 0.4) is 0 Å². The molecule has 6 nitrogen and oxygen atoms in total. The third kappa shape index (κ3) is 3.16. The van der Waals surface area contributed by atoms with E-state index in [4.69, 9.17) is 9.26 Å². The minimum atomic E-state index is -0.283. The molecule has 2 aromatic heterocycles. The smallest absolute Gasteiger partial charge is 0.264 e. The predicted octanol–water partition coefficient (Wildman–Crippen LogP) is 2.78. The summed E-state index contributed by atoms with van der Waals surface area (Å²) in [6.45, 7) is 5.75. The third-order valence-corrected chi connectivity index (χ3v) is 5.32. The molecule has 0 aliphatic carbocycles. The number of aryl methyl sites for hydroxylation is 1. The summed E-state index contributed by atoms with van der Waals surface area (Å²) in [4.78, 5) is 19.9. The molecule has 0 bridgehead atoms. The van der Waals surface area contributed by atoms with Crippen LogP contribution in [0, 0.1) is 6.92 Å². The maximum absolute atomic E-state index is 12.8. The number of ether oxygens (including phenoxy) is 1. The van der Waals surface area contributed by atoms with E-state index in [1.165, 1.54) is 11.3 Å². The zero-order valence-corrected chi connectivity index (χ0v) is 14.5. The van der Waals surface area contributed by atoms with Gasteiger partial charge in [-0.3, -0.25) is 4.79 Å². The van der Waals surface area contributed by atoms with Crippen LogP contribution in [0.4, 0.5) is 0 Å². The van der Waals surface area contributed by atoms with Gasteiger partial charge in [-0.05, 0) is 36.8 Å². The van der Waals surface area contributed by atoms with Gasteiger partial charge in [-0.1, -0.05) is 12.1 Å². The molecular weight excluding hydrogens is 314 g/mol. The number of rotatable bonds is 4. The normalized spacial score (nSPS) is 21.6. The Morgan fingerprint density at radius 3 is 3.09 bits per heavy atom. The summed E-state index contributed by atoms with van der Waals surface area (Å²) >= 11 is 1.50. The number of hydrogen-bond acceptors (Lipinski definition) is 6. The van der Waals surface area contributed by atoms with Gasteiger partial charge in [0.2, 0.25) is 0 Å². The Labute approximate surface area is 139 Å². The zero-order chi connectivity index (χ0) is 16.4. The lowest BCUT2D eigenvalue weighted by molar-refractivity contribution is 0.0646. The molecule has 1 atom stereocenters. The molecule has 23 heavy (non-hydrogen) atoms. The number of methoxy groups -OCH3 is 1. The van der Waals surface area contributed by atoms with Gasteiger partial charge in [-0.25, -0.2) is 0 Å². The fourth-order valence-corrected chi connectivity index (χ4v) is 3.90. The van der Waals surface area contributed by atoms with Crippen LogP contribution >= 0.6 is 11.3 Å². The highest BCUT2D eigenvalue weighted by Gasteiger charge is 2.39. The summed E-state index contributed by atoms with van der Waals surface area (Å²) in [7, 11) is 1.59. The number of carbonyl (C=O) groups is 1. The van der Waals surface area contributed by atoms with Gasteiger partial charge in [0.25, 0.3) is 11.8 Å². The SMILES string of the molecule is COCc1nc(C2(C)CCCN(C(=O)c3sccc3C)C2)no1. The van der Waals surface area contributed by atoms with E-state index in [0.29, 0.717) is 24.9 Å². The molecule has 1 unspecified atom stereocenters. The summed E-state index contributed by atoms with van der Waals surface area (Å²) < 4.78 is 10.2. The van der Waals surface area contributed by atoms with Crippen LogP contribution < -0.4 is 0 Å². The van der Waals surface area contributed by atoms with Crippen molar-refractivity contribution in [1.29, 1.82) is 0 Å². The average Bonchev–Trinajstić information content (AvgIpc) is 3.16. The first kappa shape index (κ1) is 16.1. The van der Waals surface area contributed by atoms with Crippen molar-refractivity contribution in [3.05, 3.63) is 33.6 Å². The summed E-state index contributed by atoms with van der Waals surface area (Å²) in [5.74, 6) is 1.23. The molecule has 2 aromatic rings. The van der Waals surface area contributed by atoms with Crippen molar-refractivity contribution in [2.45, 2.75) is 38.7 Å². The summed E-state index contributed by atoms with van der Waals surface area (Å²) in [6.07, 6.45) is 1.87. The molecule has 1 fully saturated rings. The lowest BCUT2D eigenvalue weighted by Crippen LogP contribution is -2.47. The van der Waals surface area contributed by atoms with Crippen LogP contribution in [0.25, 0.3) is 0 Å². The first-order valence-electron chi connectivity index (χ1n) is 7.69. The summed E-state index contributed by atoms with van der Waals surface area (Å²) in [5.41, 5.74) is 0.753. The number of aromatic nitrogens is 2. The standard InChI is InChI=1S/C16H21N3O3S/c1-11-5-8-23-13(11)14(20)19-7-4-6-16(2,10-19)15-17-12(9-21-3)22-18-15/h5,8H,4,6-7,9-10H2,1-3H3. The van der Waals surface area contributed by atoms with Crippen molar-refractivity contribution in [1.82, 2.24) is 15.0 Å². The third-order valence-electron chi connectivity index (χ3n) is 4.32. The Morgan fingerprint density at radius 2 is 2.39 bits per heavy atom. The van der Waals surface area contributed by atoms with Crippen LogP contribution in [-0.4, -0.2) is 41.1 Å². The highest BCUT2D eigenvalue weighted by Crippen LogP contribution is 2.33. The number of hydrogen-bond donors (Lipinski definition) is 0. The van der Waals surface area contributed by atoms with Crippen molar-refractivity contribution < 1.29 is 14.1 Å². The van der Waals surface area contributed by atoms with Gasteiger partial charge in [0.05, 0.1) is 4.88 Å². The highest BCUT2D eigenvalue weighted by atomic mass is 32.1. The van der Waals surface area contributed by atoms with Crippen LogP contribution in [-0.2, 0) is 16.8 Å². The van der Waals surface area contributed by atoms with E-state index in [1.54, 1.807) is 7.11 Å². The zero-order valence-electron chi connectivity index (χ0n) is 13.7. The number of likely N-dealkylation sites (tertiary alicyclic amines) is 1. The molecule has 1 amide bonds. The fourth-order valence-electron chi connectivity index (χ4n) is 3.01. The lowest BCUT2D eigenvalue weighted by atomic mass is 9.81. The second-order valence-corrected chi connectivity index (χ2v) is 7.18. The second-order valence-electron chi connectivity index (χ2n) is 6.27. The van der Waals surface area contributed by atoms with Crippen LogP contribution in [0.5, 0.6) is 0 Å². The number of piperidine rings is 1. The molecule has 1 saturated heterocycles. The maximum atomic E-state index is 12.8. The van der Waals surface area contributed by atoms with Crippen molar-refractivity contribution >= 4 is 17.2 Å². The van der Waals surface area contributed by atoms with Crippen molar-refractivity contribution in [3.8, 4) is 0 Å². The van der Waals surface area contributed by atoms with Gasteiger partial charge in [0.15, 0.2) is 5.82 Å². The quantitative estimate of drug-likeness (QED) is 0.859. The Balaban J connectivity index is 1.79. The molecule has 1 aliphatic rings. The van der Waals surface area contributed by atoms with E-state index in [1.807, 2.05) is 23.3 Å². The lowest BCUT2D eigenvalue weighted by Gasteiger charge is -2.38. The number of amides is 1. The molecule has 1 aliphatic heterocycles. The van der Waals surface area contributed by atoms with Gasteiger partial charge in [-0.2, -0.15) is 4.98 Å². The predicted molar refractivity (Wildman–Crippen MR) is 86.6 cm³/mol. The number of carbonyl (C=O) groups excluding carboxylic acids is 1. The number of thiophene rings is 1.